The Morgan fingerprint density at radius 2 is 2.10 bits per heavy atom. The average Bonchev–Trinajstić information content (AvgIpc) is 2.85. The summed E-state index contributed by atoms with van der Waals surface area (Å²) in [4.78, 5) is -0.232. The van der Waals surface area contributed by atoms with Crippen molar-refractivity contribution in [2.45, 2.75) is 23.8 Å². The van der Waals surface area contributed by atoms with Crippen LogP contribution in [0.5, 0.6) is 0 Å². The van der Waals surface area contributed by atoms with Gasteiger partial charge in [0.05, 0.1) is 10.0 Å². The molecule has 1 unspecified atom stereocenters. The van der Waals surface area contributed by atoms with Crippen molar-refractivity contribution in [3.8, 4) is 0 Å². The first-order valence-corrected chi connectivity index (χ1v) is 8.39. The quantitative estimate of drug-likeness (QED) is 0.821. The van der Waals surface area contributed by atoms with Crippen molar-refractivity contribution >= 4 is 45.6 Å². The van der Waals surface area contributed by atoms with Crippen LogP contribution in [0, 0.1) is 5.82 Å². The normalized spacial score (nSPS) is 19.5. The minimum atomic E-state index is -3.82. The van der Waals surface area contributed by atoms with Gasteiger partial charge in [-0.1, -0.05) is 23.2 Å². The second-order valence-electron chi connectivity index (χ2n) is 4.64. The number of halogens is 4. The van der Waals surface area contributed by atoms with Gasteiger partial charge in [-0.15, -0.1) is 12.4 Å². The van der Waals surface area contributed by atoms with Gasteiger partial charge in [0.1, 0.15) is 4.90 Å². The lowest BCUT2D eigenvalue weighted by atomic mass is 10.2. The molecule has 0 amide bonds. The maximum absolute atomic E-state index is 13.7. The smallest absolute Gasteiger partial charge is 0.244 e. The van der Waals surface area contributed by atoms with Gasteiger partial charge in [-0.05, 0) is 32.0 Å². The molecule has 1 N–H and O–H groups in total. The van der Waals surface area contributed by atoms with Gasteiger partial charge in [0.2, 0.25) is 10.0 Å². The van der Waals surface area contributed by atoms with E-state index in [4.69, 9.17) is 23.2 Å². The number of sulfonamides is 1. The van der Waals surface area contributed by atoms with Crippen LogP contribution >= 0.6 is 35.6 Å². The molecular formula is C12H16Cl3FN2O2S. The van der Waals surface area contributed by atoms with Crippen molar-refractivity contribution in [3.63, 3.8) is 0 Å². The maximum atomic E-state index is 13.7. The molecule has 0 spiro atoms. The molecule has 9 heteroatoms. The first kappa shape index (κ1) is 18.9. The van der Waals surface area contributed by atoms with Gasteiger partial charge in [0, 0.05) is 19.1 Å². The molecule has 0 bridgehead atoms. The fourth-order valence-corrected chi connectivity index (χ4v) is 4.81. The van der Waals surface area contributed by atoms with Crippen LogP contribution in [-0.2, 0) is 10.0 Å². The predicted octanol–water partition coefficient (Wildman–Crippen LogP) is 2.93. The fraction of sp³-hybridized carbons (Fsp3) is 0.500. The SMILES string of the molecule is CNCC1CCCN1S(=O)(=O)c1ccc(Cl)c(F)c1Cl.Cl. The summed E-state index contributed by atoms with van der Waals surface area (Å²) in [5.74, 6) is -0.904. The molecule has 21 heavy (non-hydrogen) atoms. The second-order valence-corrected chi connectivity index (χ2v) is 7.29. The number of hydrogen-bond acceptors (Lipinski definition) is 3. The zero-order chi connectivity index (χ0) is 14.9. The van der Waals surface area contributed by atoms with Crippen molar-refractivity contribution in [3.05, 3.63) is 28.0 Å². The summed E-state index contributed by atoms with van der Waals surface area (Å²) in [7, 11) is -2.06. The zero-order valence-corrected chi connectivity index (χ0v) is 14.4. The van der Waals surface area contributed by atoms with E-state index < -0.39 is 20.9 Å². The molecule has 0 saturated carbocycles. The zero-order valence-electron chi connectivity index (χ0n) is 11.3. The van der Waals surface area contributed by atoms with Crippen molar-refractivity contribution < 1.29 is 12.8 Å². The van der Waals surface area contributed by atoms with Crippen LogP contribution in [0.15, 0.2) is 17.0 Å². The lowest BCUT2D eigenvalue weighted by Crippen LogP contribution is -2.40. The number of hydrogen-bond donors (Lipinski definition) is 1. The van der Waals surface area contributed by atoms with E-state index in [0.717, 1.165) is 12.8 Å². The molecule has 0 aromatic heterocycles. The lowest BCUT2D eigenvalue weighted by Gasteiger charge is -2.24. The monoisotopic (exact) mass is 376 g/mol. The van der Waals surface area contributed by atoms with Crippen LogP contribution in [-0.4, -0.2) is 38.9 Å². The third-order valence-electron chi connectivity index (χ3n) is 3.35. The van der Waals surface area contributed by atoms with Crippen LogP contribution in [0.25, 0.3) is 0 Å². The minimum Gasteiger partial charge on any atom is -0.318 e. The number of nitrogens with one attached hydrogen (secondary N) is 1. The first-order valence-electron chi connectivity index (χ1n) is 6.19. The molecule has 0 radical (unpaired) electrons. The number of nitrogens with zero attached hydrogens (tertiary/aromatic N) is 1. The van der Waals surface area contributed by atoms with E-state index in [-0.39, 0.29) is 28.4 Å². The van der Waals surface area contributed by atoms with E-state index in [1.807, 2.05) is 0 Å². The average molecular weight is 378 g/mol. The summed E-state index contributed by atoms with van der Waals surface area (Å²) in [6, 6.07) is 2.32. The number of likely N-dealkylation sites (N-methyl/N-ethyl adjacent to an activating group) is 1. The summed E-state index contributed by atoms with van der Waals surface area (Å²) < 4.78 is 40.3. The molecule has 1 aromatic carbocycles. The third-order valence-corrected chi connectivity index (χ3v) is 6.12. The van der Waals surface area contributed by atoms with Crippen molar-refractivity contribution in [1.29, 1.82) is 0 Å². The topological polar surface area (TPSA) is 49.4 Å². The molecule has 1 atom stereocenters. The standard InChI is InChI=1S/C12H15Cl2FN2O2S.ClH/c1-16-7-8-3-2-6-17(8)20(18,19)10-5-4-9(13)12(15)11(10)14;/h4-5,8,16H,2-3,6-7H2,1H3;1H. The maximum Gasteiger partial charge on any atom is 0.244 e. The summed E-state index contributed by atoms with van der Waals surface area (Å²) in [5, 5.41) is 2.32. The van der Waals surface area contributed by atoms with Crippen LogP contribution in [0.1, 0.15) is 12.8 Å². The Balaban J connectivity index is 0.00000220. The van der Waals surface area contributed by atoms with Gasteiger partial charge < -0.3 is 5.32 Å². The van der Waals surface area contributed by atoms with Gasteiger partial charge in [-0.2, -0.15) is 4.31 Å². The van der Waals surface area contributed by atoms with E-state index in [1.165, 1.54) is 16.4 Å². The summed E-state index contributed by atoms with van der Waals surface area (Å²) in [5.41, 5.74) is 0. The van der Waals surface area contributed by atoms with E-state index in [9.17, 15) is 12.8 Å². The third kappa shape index (κ3) is 3.63. The Morgan fingerprint density at radius 3 is 2.71 bits per heavy atom. The highest BCUT2D eigenvalue weighted by molar-refractivity contribution is 7.89. The van der Waals surface area contributed by atoms with E-state index in [2.05, 4.69) is 5.32 Å². The largest absolute Gasteiger partial charge is 0.318 e. The van der Waals surface area contributed by atoms with Crippen molar-refractivity contribution in [2.75, 3.05) is 20.1 Å². The van der Waals surface area contributed by atoms with Gasteiger partial charge in [-0.25, -0.2) is 12.8 Å². The molecule has 4 nitrogen and oxygen atoms in total. The Bertz CT molecular complexity index is 613. The molecule has 0 aliphatic carbocycles. The van der Waals surface area contributed by atoms with Crippen molar-refractivity contribution in [1.82, 2.24) is 9.62 Å². The molecule has 1 saturated heterocycles. The Morgan fingerprint density at radius 1 is 1.43 bits per heavy atom. The first-order chi connectivity index (χ1) is 9.39. The Kier molecular flexibility index (Phi) is 6.71. The molecule has 1 aliphatic rings. The number of benzene rings is 1. The van der Waals surface area contributed by atoms with E-state index >= 15 is 0 Å². The van der Waals surface area contributed by atoms with E-state index in [1.54, 1.807) is 7.05 Å². The molecule has 120 valence electrons. The van der Waals surface area contributed by atoms with Gasteiger partial charge in [0.15, 0.2) is 5.82 Å². The highest BCUT2D eigenvalue weighted by Crippen LogP contribution is 2.33. The molecule has 2 rings (SSSR count). The Hall–Kier alpha value is -0.110. The molecule has 1 aliphatic heterocycles. The summed E-state index contributed by atoms with van der Waals surface area (Å²) in [6.07, 6.45) is 1.55. The van der Waals surface area contributed by atoms with Crippen LogP contribution < -0.4 is 5.32 Å². The highest BCUT2D eigenvalue weighted by atomic mass is 35.5. The molecular weight excluding hydrogens is 362 g/mol. The Labute approximate surface area is 140 Å². The molecule has 1 fully saturated rings. The van der Waals surface area contributed by atoms with Gasteiger partial charge in [0.25, 0.3) is 0 Å². The molecule has 1 heterocycles. The van der Waals surface area contributed by atoms with Gasteiger partial charge >= 0.3 is 0 Å². The highest BCUT2D eigenvalue weighted by Gasteiger charge is 2.36. The summed E-state index contributed by atoms with van der Waals surface area (Å²) in [6.45, 7) is 0.960. The minimum absolute atomic E-state index is 0. The predicted molar refractivity (Wildman–Crippen MR) is 84.5 cm³/mol. The molecule has 1 aromatic rings. The van der Waals surface area contributed by atoms with Crippen LogP contribution in [0.2, 0.25) is 10.0 Å². The van der Waals surface area contributed by atoms with Crippen molar-refractivity contribution in [2.24, 2.45) is 0 Å². The van der Waals surface area contributed by atoms with Gasteiger partial charge in [-0.3, -0.25) is 0 Å². The van der Waals surface area contributed by atoms with Crippen LogP contribution in [0.4, 0.5) is 4.39 Å². The van der Waals surface area contributed by atoms with Crippen LogP contribution in [0.3, 0.4) is 0 Å². The second kappa shape index (κ2) is 7.44. The summed E-state index contributed by atoms with van der Waals surface area (Å²) >= 11 is 11.4. The lowest BCUT2D eigenvalue weighted by molar-refractivity contribution is 0.379. The number of rotatable bonds is 4. The fourth-order valence-electron chi connectivity index (χ4n) is 2.40. The van der Waals surface area contributed by atoms with E-state index in [0.29, 0.717) is 13.1 Å².